The molecule has 0 atom stereocenters. The van der Waals surface area contributed by atoms with Crippen molar-refractivity contribution in [2.75, 3.05) is 0 Å². The molecule has 0 fully saturated rings. The van der Waals surface area contributed by atoms with Crippen molar-refractivity contribution in [3.8, 4) is 11.4 Å². The Morgan fingerprint density at radius 1 is 1.22 bits per heavy atom. The Labute approximate surface area is 111 Å². The molecular formula is C13H8BrN3O. The number of fused-ring (bicyclic) bond motifs is 1. The molecule has 0 saturated carbocycles. The van der Waals surface area contributed by atoms with Crippen LogP contribution in [0.3, 0.4) is 0 Å². The number of hydrogen-bond acceptors (Lipinski definition) is 3. The quantitative estimate of drug-likeness (QED) is 0.752. The Hall–Kier alpha value is -2.01. The van der Waals surface area contributed by atoms with E-state index in [4.69, 9.17) is 0 Å². The molecule has 0 unspecified atom stereocenters. The lowest BCUT2D eigenvalue weighted by Gasteiger charge is -2.02. The zero-order chi connectivity index (χ0) is 12.5. The van der Waals surface area contributed by atoms with Gasteiger partial charge in [-0.05, 0) is 18.2 Å². The molecule has 1 aromatic carbocycles. The zero-order valence-corrected chi connectivity index (χ0v) is 10.8. The van der Waals surface area contributed by atoms with E-state index in [1.54, 1.807) is 18.5 Å². The number of hydrogen-bond donors (Lipinski definition) is 1. The maximum atomic E-state index is 11.7. The maximum absolute atomic E-state index is 11.7. The molecule has 0 radical (unpaired) electrons. The maximum Gasteiger partial charge on any atom is 0.274 e. The summed E-state index contributed by atoms with van der Waals surface area (Å²) in [5.41, 5.74) is 1.07. The van der Waals surface area contributed by atoms with E-state index in [1.807, 2.05) is 24.3 Å². The van der Waals surface area contributed by atoms with Crippen LogP contribution in [0.25, 0.3) is 22.3 Å². The van der Waals surface area contributed by atoms with Crippen molar-refractivity contribution in [3.05, 3.63) is 57.6 Å². The van der Waals surface area contributed by atoms with Crippen molar-refractivity contribution < 1.29 is 0 Å². The summed E-state index contributed by atoms with van der Waals surface area (Å²) in [7, 11) is 0. The van der Waals surface area contributed by atoms with Crippen molar-refractivity contribution in [1.29, 1.82) is 0 Å². The summed E-state index contributed by atoms with van der Waals surface area (Å²) in [5.74, 6) is 0.542. The van der Waals surface area contributed by atoms with Gasteiger partial charge in [0.2, 0.25) is 0 Å². The summed E-state index contributed by atoms with van der Waals surface area (Å²) in [6, 6.07) is 9.43. The van der Waals surface area contributed by atoms with E-state index < -0.39 is 0 Å². The summed E-state index contributed by atoms with van der Waals surface area (Å²) in [6.07, 6.45) is 3.25. The first-order chi connectivity index (χ1) is 8.74. The average molecular weight is 302 g/mol. The van der Waals surface area contributed by atoms with Crippen LogP contribution >= 0.6 is 15.9 Å². The highest BCUT2D eigenvalue weighted by Crippen LogP contribution is 2.20. The first kappa shape index (κ1) is 11.1. The summed E-state index contributed by atoms with van der Waals surface area (Å²) in [6.45, 7) is 0. The van der Waals surface area contributed by atoms with Gasteiger partial charge >= 0.3 is 0 Å². The molecule has 0 spiro atoms. The van der Waals surface area contributed by atoms with Gasteiger partial charge < -0.3 is 4.98 Å². The number of halogens is 1. The van der Waals surface area contributed by atoms with E-state index in [2.05, 4.69) is 30.9 Å². The normalized spacial score (nSPS) is 10.7. The van der Waals surface area contributed by atoms with E-state index in [1.165, 1.54) is 0 Å². The lowest BCUT2D eigenvalue weighted by atomic mass is 10.2. The van der Waals surface area contributed by atoms with Crippen LogP contribution in [0, 0.1) is 0 Å². The Balaban J connectivity index is 2.25. The van der Waals surface area contributed by atoms with Gasteiger partial charge in [-0.15, -0.1) is 0 Å². The number of pyridine rings is 1. The van der Waals surface area contributed by atoms with Gasteiger partial charge in [0.05, 0.1) is 0 Å². The highest BCUT2D eigenvalue weighted by Gasteiger charge is 2.05. The summed E-state index contributed by atoms with van der Waals surface area (Å²) in [5, 5.41) is 0.734. The molecule has 3 aromatic rings. The Morgan fingerprint density at radius 3 is 2.94 bits per heavy atom. The minimum atomic E-state index is -0.203. The molecular weight excluding hydrogens is 294 g/mol. The molecule has 0 saturated heterocycles. The van der Waals surface area contributed by atoms with Gasteiger partial charge in [-0.3, -0.25) is 4.79 Å². The van der Waals surface area contributed by atoms with Gasteiger partial charge in [0, 0.05) is 27.8 Å². The van der Waals surface area contributed by atoms with Crippen molar-refractivity contribution in [2.45, 2.75) is 0 Å². The largest absolute Gasteiger partial charge is 0.327 e. The number of nitrogens with zero attached hydrogens (tertiary/aromatic N) is 2. The van der Waals surface area contributed by atoms with Crippen molar-refractivity contribution in [1.82, 2.24) is 15.0 Å². The zero-order valence-electron chi connectivity index (χ0n) is 9.22. The SMILES string of the molecule is O=c1[nH]ccc2cnc(-c3cccc(Br)c3)nc12. The van der Waals surface area contributed by atoms with E-state index in [-0.39, 0.29) is 5.56 Å². The van der Waals surface area contributed by atoms with Gasteiger partial charge in [0.25, 0.3) is 5.56 Å². The van der Waals surface area contributed by atoms with Crippen LogP contribution in [0.15, 0.2) is 52.0 Å². The molecule has 0 aliphatic rings. The van der Waals surface area contributed by atoms with Gasteiger partial charge in [-0.25, -0.2) is 9.97 Å². The van der Waals surface area contributed by atoms with Gasteiger partial charge in [0.15, 0.2) is 5.82 Å². The van der Waals surface area contributed by atoms with E-state index in [9.17, 15) is 4.79 Å². The second-order valence-electron chi connectivity index (χ2n) is 3.81. The van der Waals surface area contributed by atoms with Crippen LogP contribution in [0.4, 0.5) is 0 Å². The van der Waals surface area contributed by atoms with E-state index >= 15 is 0 Å². The van der Waals surface area contributed by atoms with Crippen molar-refractivity contribution in [2.24, 2.45) is 0 Å². The second kappa shape index (κ2) is 4.34. The molecule has 4 nitrogen and oxygen atoms in total. The standard InChI is InChI=1S/C13H8BrN3O/c14-10-3-1-2-8(6-10)12-16-7-9-4-5-15-13(18)11(9)17-12/h1-7H,(H,15,18). The molecule has 1 N–H and O–H groups in total. The number of H-pyrrole nitrogens is 1. The van der Waals surface area contributed by atoms with Crippen LogP contribution in [0.2, 0.25) is 0 Å². The first-order valence-corrected chi connectivity index (χ1v) is 6.14. The summed E-state index contributed by atoms with van der Waals surface area (Å²) >= 11 is 3.40. The fourth-order valence-electron chi connectivity index (χ4n) is 1.74. The Bertz CT molecular complexity index is 782. The number of rotatable bonds is 1. The molecule has 88 valence electrons. The van der Waals surface area contributed by atoms with Gasteiger partial charge in [0.1, 0.15) is 5.52 Å². The van der Waals surface area contributed by atoms with Crippen molar-refractivity contribution >= 4 is 26.8 Å². The minimum absolute atomic E-state index is 0.203. The van der Waals surface area contributed by atoms with Gasteiger partial charge in [-0.1, -0.05) is 28.1 Å². The number of aromatic amines is 1. The molecule has 0 bridgehead atoms. The third-order valence-electron chi connectivity index (χ3n) is 2.59. The van der Waals surface area contributed by atoms with Crippen LogP contribution < -0.4 is 5.56 Å². The summed E-state index contributed by atoms with van der Waals surface area (Å²) < 4.78 is 0.950. The number of nitrogens with one attached hydrogen (secondary N) is 1. The van der Waals surface area contributed by atoms with E-state index in [0.717, 1.165) is 15.4 Å². The summed E-state index contributed by atoms with van der Waals surface area (Å²) in [4.78, 5) is 22.9. The highest BCUT2D eigenvalue weighted by molar-refractivity contribution is 9.10. The predicted octanol–water partition coefficient (Wildman–Crippen LogP) is 2.75. The van der Waals surface area contributed by atoms with Crippen LogP contribution in [0.1, 0.15) is 0 Å². The highest BCUT2D eigenvalue weighted by atomic mass is 79.9. The lowest BCUT2D eigenvalue weighted by Crippen LogP contribution is -2.07. The smallest absolute Gasteiger partial charge is 0.274 e. The second-order valence-corrected chi connectivity index (χ2v) is 4.73. The average Bonchev–Trinajstić information content (AvgIpc) is 2.39. The third-order valence-corrected chi connectivity index (χ3v) is 3.09. The number of aromatic nitrogens is 3. The molecule has 18 heavy (non-hydrogen) atoms. The monoisotopic (exact) mass is 301 g/mol. The topological polar surface area (TPSA) is 58.6 Å². The third kappa shape index (κ3) is 1.93. The molecule has 3 rings (SSSR count). The molecule has 5 heteroatoms. The Kier molecular flexibility index (Phi) is 2.68. The van der Waals surface area contributed by atoms with Crippen LogP contribution in [-0.4, -0.2) is 15.0 Å². The van der Waals surface area contributed by atoms with Crippen LogP contribution in [0.5, 0.6) is 0 Å². The fraction of sp³-hybridized carbons (Fsp3) is 0. The van der Waals surface area contributed by atoms with Gasteiger partial charge in [-0.2, -0.15) is 0 Å². The lowest BCUT2D eigenvalue weighted by molar-refractivity contribution is 1.18. The van der Waals surface area contributed by atoms with Crippen molar-refractivity contribution in [3.63, 3.8) is 0 Å². The molecule has 0 aliphatic carbocycles. The molecule has 2 heterocycles. The van der Waals surface area contributed by atoms with Crippen LogP contribution in [-0.2, 0) is 0 Å². The Morgan fingerprint density at radius 2 is 2.11 bits per heavy atom. The fourth-order valence-corrected chi connectivity index (χ4v) is 2.14. The molecule has 0 aliphatic heterocycles. The first-order valence-electron chi connectivity index (χ1n) is 5.34. The molecule has 0 amide bonds. The minimum Gasteiger partial charge on any atom is -0.327 e. The number of benzene rings is 1. The predicted molar refractivity (Wildman–Crippen MR) is 73.3 cm³/mol. The molecule has 2 aromatic heterocycles. The van der Waals surface area contributed by atoms with E-state index in [0.29, 0.717) is 11.3 Å².